The number of allylic oxidation sites excluding steroid dienone is 1. The van der Waals surface area contributed by atoms with E-state index in [1.165, 1.54) is 12.1 Å². The molecule has 0 radical (unpaired) electrons. The highest BCUT2D eigenvalue weighted by Gasteiger charge is 2.38. The SMILES string of the molecule is CC1(C)OC(=C2C(=O)Nc3cc(F)ccc32)C=C1c1ccnc(N2CCN(CC(=O)O)CC2)c1. The lowest BCUT2D eigenvalue weighted by Gasteiger charge is -2.34. The Balaban J connectivity index is 1.45. The summed E-state index contributed by atoms with van der Waals surface area (Å²) in [5.41, 5.74) is 2.59. The molecular formula is C25H25FN4O4. The van der Waals surface area contributed by atoms with Crippen molar-refractivity contribution in [1.29, 1.82) is 0 Å². The molecule has 3 aliphatic rings. The molecule has 1 fully saturated rings. The minimum absolute atomic E-state index is 0.0422. The van der Waals surface area contributed by atoms with Gasteiger partial charge in [0.25, 0.3) is 5.91 Å². The number of nitrogens with one attached hydrogen (secondary N) is 1. The average Bonchev–Trinajstić information content (AvgIpc) is 3.28. The molecule has 3 aliphatic heterocycles. The summed E-state index contributed by atoms with van der Waals surface area (Å²) in [5.74, 6) is -0.299. The minimum Gasteiger partial charge on any atom is -0.482 e. The first-order valence-electron chi connectivity index (χ1n) is 11.1. The number of nitrogens with zero attached hydrogens (tertiary/aromatic N) is 3. The normalized spacial score (nSPS) is 21.7. The molecule has 0 aliphatic carbocycles. The van der Waals surface area contributed by atoms with E-state index in [4.69, 9.17) is 9.84 Å². The number of fused-ring (bicyclic) bond motifs is 1. The molecule has 2 N–H and O–H groups in total. The Hall–Kier alpha value is -3.72. The second-order valence-electron chi connectivity index (χ2n) is 9.11. The van der Waals surface area contributed by atoms with Gasteiger partial charge >= 0.3 is 5.97 Å². The third-order valence-electron chi connectivity index (χ3n) is 6.37. The van der Waals surface area contributed by atoms with Crippen LogP contribution in [0.4, 0.5) is 15.9 Å². The molecule has 9 heteroatoms. The Kier molecular flexibility index (Phi) is 5.36. The van der Waals surface area contributed by atoms with Crippen molar-refractivity contribution in [2.24, 2.45) is 0 Å². The third-order valence-corrected chi connectivity index (χ3v) is 6.37. The number of carbonyl (C=O) groups is 2. The van der Waals surface area contributed by atoms with Gasteiger partial charge in [-0.25, -0.2) is 9.37 Å². The van der Waals surface area contributed by atoms with Gasteiger partial charge in [-0.15, -0.1) is 0 Å². The Morgan fingerprint density at radius 2 is 1.97 bits per heavy atom. The van der Waals surface area contributed by atoms with Crippen LogP contribution in [-0.4, -0.2) is 65.2 Å². The van der Waals surface area contributed by atoms with Crippen molar-refractivity contribution in [1.82, 2.24) is 9.88 Å². The summed E-state index contributed by atoms with van der Waals surface area (Å²) in [6.45, 7) is 6.60. The van der Waals surface area contributed by atoms with Gasteiger partial charge in [0.15, 0.2) is 0 Å². The number of carbonyl (C=O) groups excluding carboxylic acids is 1. The fourth-order valence-corrected chi connectivity index (χ4v) is 4.69. The van der Waals surface area contributed by atoms with Crippen LogP contribution in [0.3, 0.4) is 0 Å². The standard InChI is InChI=1S/C25H25FN4O4/c1-25(2)18(13-20(34-25)23-17-4-3-16(26)12-19(17)28-24(23)33)15-5-6-27-21(11-15)30-9-7-29(8-10-30)14-22(31)32/h3-6,11-13H,7-10,14H2,1-2H3,(H,28,33)(H,31,32). The number of amides is 1. The zero-order chi connectivity index (χ0) is 24.0. The number of piperazine rings is 1. The summed E-state index contributed by atoms with van der Waals surface area (Å²) in [6.07, 6.45) is 3.62. The number of carboxylic acid groups (broad SMARTS) is 1. The van der Waals surface area contributed by atoms with E-state index in [0.717, 1.165) is 17.0 Å². The highest BCUT2D eigenvalue weighted by atomic mass is 19.1. The lowest BCUT2D eigenvalue weighted by atomic mass is 9.92. The largest absolute Gasteiger partial charge is 0.482 e. The monoisotopic (exact) mass is 464 g/mol. The number of halogens is 1. The number of hydrogen-bond donors (Lipinski definition) is 2. The fraction of sp³-hybridized carbons (Fsp3) is 0.320. The fourth-order valence-electron chi connectivity index (χ4n) is 4.69. The van der Waals surface area contributed by atoms with Crippen LogP contribution in [0.25, 0.3) is 11.1 Å². The summed E-state index contributed by atoms with van der Waals surface area (Å²) in [6, 6.07) is 8.12. The second kappa shape index (κ2) is 8.25. The molecule has 1 amide bonds. The van der Waals surface area contributed by atoms with Gasteiger partial charge in [-0.05, 0) is 55.8 Å². The molecule has 5 rings (SSSR count). The summed E-state index contributed by atoms with van der Waals surface area (Å²) >= 11 is 0. The van der Waals surface area contributed by atoms with Crippen LogP contribution in [0.1, 0.15) is 25.0 Å². The predicted octanol–water partition coefficient (Wildman–Crippen LogP) is 2.98. The van der Waals surface area contributed by atoms with Gasteiger partial charge in [0.1, 0.15) is 23.0 Å². The van der Waals surface area contributed by atoms with E-state index in [1.807, 2.05) is 37.0 Å². The van der Waals surface area contributed by atoms with E-state index < -0.39 is 17.4 Å². The first-order chi connectivity index (χ1) is 16.2. The first kappa shape index (κ1) is 22.1. The van der Waals surface area contributed by atoms with Crippen LogP contribution in [0.2, 0.25) is 0 Å². The number of hydrogen-bond acceptors (Lipinski definition) is 6. The summed E-state index contributed by atoms with van der Waals surface area (Å²) in [5, 5.41) is 11.7. The molecule has 0 unspecified atom stereocenters. The van der Waals surface area contributed by atoms with Crippen molar-refractivity contribution in [3.8, 4) is 0 Å². The smallest absolute Gasteiger partial charge is 0.317 e. The van der Waals surface area contributed by atoms with E-state index in [2.05, 4.69) is 15.2 Å². The maximum absolute atomic E-state index is 13.6. The van der Waals surface area contributed by atoms with E-state index in [1.54, 1.807) is 12.3 Å². The van der Waals surface area contributed by atoms with Crippen LogP contribution in [0.5, 0.6) is 0 Å². The van der Waals surface area contributed by atoms with E-state index in [0.29, 0.717) is 48.8 Å². The topological polar surface area (TPSA) is 95.0 Å². The van der Waals surface area contributed by atoms with E-state index >= 15 is 0 Å². The van der Waals surface area contributed by atoms with Gasteiger partial charge in [-0.2, -0.15) is 0 Å². The number of ether oxygens (including phenoxy) is 1. The van der Waals surface area contributed by atoms with Crippen LogP contribution >= 0.6 is 0 Å². The molecule has 2 aromatic rings. The van der Waals surface area contributed by atoms with Crippen LogP contribution in [-0.2, 0) is 14.3 Å². The molecule has 1 aromatic carbocycles. The summed E-state index contributed by atoms with van der Waals surface area (Å²) < 4.78 is 19.8. The summed E-state index contributed by atoms with van der Waals surface area (Å²) in [7, 11) is 0. The lowest BCUT2D eigenvalue weighted by Crippen LogP contribution is -2.48. The first-order valence-corrected chi connectivity index (χ1v) is 11.1. The van der Waals surface area contributed by atoms with Gasteiger partial charge in [0, 0.05) is 43.5 Å². The van der Waals surface area contributed by atoms with Crippen molar-refractivity contribution < 1.29 is 23.8 Å². The van der Waals surface area contributed by atoms with Crippen molar-refractivity contribution in [3.05, 3.63) is 65.3 Å². The summed E-state index contributed by atoms with van der Waals surface area (Å²) in [4.78, 5) is 32.2. The number of anilines is 2. The number of benzene rings is 1. The van der Waals surface area contributed by atoms with Crippen molar-refractivity contribution in [3.63, 3.8) is 0 Å². The lowest BCUT2D eigenvalue weighted by molar-refractivity contribution is -0.138. The maximum Gasteiger partial charge on any atom is 0.317 e. The van der Waals surface area contributed by atoms with Gasteiger partial charge < -0.3 is 20.1 Å². The highest BCUT2D eigenvalue weighted by Crippen LogP contribution is 2.44. The van der Waals surface area contributed by atoms with Crippen molar-refractivity contribution in [2.45, 2.75) is 19.4 Å². The number of aliphatic carboxylic acids is 1. The molecule has 0 bridgehead atoms. The second-order valence-corrected chi connectivity index (χ2v) is 9.11. The Morgan fingerprint density at radius 3 is 2.71 bits per heavy atom. The number of aromatic nitrogens is 1. The molecule has 1 saturated heterocycles. The molecule has 176 valence electrons. The molecule has 0 spiro atoms. The van der Waals surface area contributed by atoms with Gasteiger partial charge in [0.05, 0.1) is 17.8 Å². The highest BCUT2D eigenvalue weighted by molar-refractivity contribution is 6.32. The zero-order valence-corrected chi connectivity index (χ0v) is 19.0. The molecule has 0 saturated carbocycles. The number of carboxylic acids is 1. The predicted molar refractivity (Wildman–Crippen MR) is 126 cm³/mol. The molecule has 4 heterocycles. The Labute approximate surface area is 196 Å². The van der Waals surface area contributed by atoms with Gasteiger partial charge in [0.2, 0.25) is 0 Å². The van der Waals surface area contributed by atoms with Crippen LogP contribution < -0.4 is 10.2 Å². The van der Waals surface area contributed by atoms with Gasteiger partial charge in [-0.3, -0.25) is 14.5 Å². The maximum atomic E-state index is 13.6. The third kappa shape index (κ3) is 4.03. The Bertz CT molecular complexity index is 1250. The van der Waals surface area contributed by atoms with Crippen molar-refractivity contribution in [2.75, 3.05) is 42.9 Å². The van der Waals surface area contributed by atoms with Gasteiger partial charge in [-0.1, -0.05) is 0 Å². The molecule has 0 atom stereocenters. The molecule has 34 heavy (non-hydrogen) atoms. The Morgan fingerprint density at radius 1 is 1.21 bits per heavy atom. The number of rotatable bonds is 4. The quantitative estimate of drug-likeness (QED) is 0.672. The molecule has 1 aromatic heterocycles. The minimum atomic E-state index is -0.822. The molecular weight excluding hydrogens is 439 g/mol. The van der Waals surface area contributed by atoms with E-state index in [-0.39, 0.29) is 12.5 Å². The average molecular weight is 464 g/mol. The zero-order valence-electron chi connectivity index (χ0n) is 19.0. The number of pyridine rings is 1. The molecule has 8 nitrogen and oxygen atoms in total. The van der Waals surface area contributed by atoms with E-state index in [9.17, 15) is 14.0 Å². The van der Waals surface area contributed by atoms with Crippen LogP contribution in [0.15, 0.2) is 48.4 Å². The van der Waals surface area contributed by atoms with Crippen molar-refractivity contribution >= 4 is 34.5 Å². The van der Waals surface area contributed by atoms with Crippen LogP contribution in [0, 0.1) is 5.82 Å².